The predicted molar refractivity (Wildman–Crippen MR) is 93.5 cm³/mol. The molecular weight excluding hydrogens is 351 g/mol. The van der Waals surface area contributed by atoms with Crippen molar-refractivity contribution < 1.29 is 9.53 Å². The van der Waals surface area contributed by atoms with Crippen LogP contribution < -0.4 is 4.90 Å². The Morgan fingerprint density at radius 1 is 1.29 bits per heavy atom. The van der Waals surface area contributed by atoms with E-state index in [4.69, 9.17) is 27.9 Å². The first-order valence-corrected chi connectivity index (χ1v) is 7.98. The maximum Gasteiger partial charge on any atom is 0.358 e. The van der Waals surface area contributed by atoms with Gasteiger partial charge in [0.2, 0.25) is 0 Å². The average Bonchev–Trinajstić information content (AvgIpc) is 2.98. The molecule has 0 unspecified atom stereocenters. The van der Waals surface area contributed by atoms with Crippen LogP contribution in [0.4, 0.5) is 11.5 Å². The van der Waals surface area contributed by atoms with Gasteiger partial charge in [0.1, 0.15) is 11.0 Å². The third-order valence-electron chi connectivity index (χ3n) is 3.42. The van der Waals surface area contributed by atoms with Gasteiger partial charge in [0.05, 0.1) is 17.3 Å². The minimum absolute atomic E-state index is 0.167. The number of fused-ring (bicyclic) bond motifs is 1. The summed E-state index contributed by atoms with van der Waals surface area (Å²) in [6.07, 6.45) is 0. The van der Waals surface area contributed by atoms with Gasteiger partial charge in [0.25, 0.3) is 0 Å². The van der Waals surface area contributed by atoms with Crippen molar-refractivity contribution in [2.75, 3.05) is 18.6 Å². The minimum atomic E-state index is -0.509. The van der Waals surface area contributed by atoms with Gasteiger partial charge in [-0.25, -0.2) is 9.78 Å². The van der Waals surface area contributed by atoms with E-state index in [9.17, 15) is 4.79 Å². The van der Waals surface area contributed by atoms with E-state index >= 15 is 0 Å². The van der Waals surface area contributed by atoms with Crippen LogP contribution in [0.2, 0.25) is 10.2 Å². The molecule has 0 spiro atoms. The number of aromatic nitrogens is 3. The van der Waals surface area contributed by atoms with E-state index in [1.54, 1.807) is 19.1 Å². The van der Waals surface area contributed by atoms with Crippen molar-refractivity contribution in [3.63, 3.8) is 0 Å². The lowest BCUT2D eigenvalue weighted by molar-refractivity contribution is 0.0519. The van der Waals surface area contributed by atoms with Gasteiger partial charge in [-0.2, -0.15) is 9.61 Å². The first kappa shape index (κ1) is 16.5. The number of halogens is 2. The van der Waals surface area contributed by atoms with E-state index in [0.717, 1.165) is 5.69 Å². The molecule has 3 aromatic rings. The Hall–Kier alpha value is -2.31. The Labute approximate surface area is 148 Å². The van der Waals surface area contributed by atoms with Crippen LogP contribution in [0.3, 0.4) is 0 Å². The largest absolute Gasteiger partial charge is 0.461 e. The molecule has 2 aromatic heterocycles. The maximum absolute atomic E-state index is 11.9. The zero-order valence-electron chi connectivity index (χ0n) is 13.0. The summed E-state index contributed by atoms with van der Waals surface area (Å²) in [6.45, 7) is 2.01. The number of para-hydroxylation sites is 1. The van der Waals surface area contributed by atoms with E-state index in [1.807, 2.05) is 30.1 Å². The highest BCUT2D eigenvalue weighted by Crippen LogP contribution is 2.31. The molecule has 8 heteroatoms. The molecular formula is C16H14Cl2N4O2. The standard InChI is InChI=1S/C16H14Cl2N4O2/c1-3-24-16(23)11-8-14-19-13(18)9-15(22(14)20-11)21(2)12-7-5-4-6-10(12)17/h4-9H,3H2,1-2H3. The van der Waals surface area contributed by atoms with E-state index < -0.39 is 5.97 Å². The lowest BCUT2D eigenvalue weighted by Crippen LogP contribution is -2.15. The fourth-order valence-corrected chi connectivity index (χ4v) is 2.77. The zero-order chi connectivity index (χ0) is 17.3. The van der Waals surface area contributed by atoms with Gasteiger partial charge in [-0.05, 0) is 19.1 Å². The van der Waals surface area contributed by atoms with Crippen molar-refractivity contribution in [3.8, 4) is 0 Å². The van der Waals surface area contributed by atoms with Crippen LogP contribution in [0, 0.1) is 0 Å². The van der Waals surface area contributed by atoms with E-state index in [-0.39, 0.29) is 17.5 Å². The van der Waals surface area contributed by atoms with Gasteiger partial charge >= 0.3 is 5.97 Å². The van der Waals surface area contributed by atoms with Crippen molar-refractivity contribution in [3.05, 3.63) is 52.3 Å². The molecule has 0 amide bonds. The summed E-state index contributed by atoms with van der Waals surface area (Å²) in [5, 5.41) is 5.15. The Bertz CT molecular complexity index is 910. The molecule has 3 rings (SSSR count). The second-order valence-electron chi connectivity index (χ2n) is 4.97. The highest BCUT2D eigenvalue weighted by atomic mass is 35.5. The molecule has 124 valence electrons. The van der Waals surface area contributed by atoms with E-state index in [1.165, 1.54) is 10.6 Å². The first-order chi connectivity index (χ1) is 11.5. The average molecular weight is 365 g/mol. The maximum atomic E-state index is 11.9. The number of anilines is 2. The molecule has 0 saturated carbocycles. The zero-order valence-corrected chi connectivity index (χ0v) is 14.5. The van der Waals surface area contributed by atoms with Crippen LogP contribution in [0.1, 0.15) is 17.4 Å². The third-order valence-corrected chi connectivity index (χ3v) is 3.93. The van der Waals surface area contributed by atoms with Crippen molar-refractivity contribution >= 4 is 46.3 Å². The number of ether oxygens (including phenoxy) is 1. The fourth-order valence-electron chi connectivity index (χ4n) is 2.32. The normalized spacial score (nSPS) is 10.8. The number of carbonyl (C=O) groups is 1. The van der Waals surface area contributed by atoms with Gasteiger partial charge < -0.3 is 9.64 Å². The Morgan fingerprint density at radius 2 is 2.04 bits per heavy atom. The molecule has 0 aliphatic carbocycles. The molecule has 0 aliphatic heterocycles. The fraction of sp³-hybridized carbons (Fsp3) is 0.188. The van der Waals surface area contributed by atoms with Crippen LogP contribution in [0.25, 0.3) is 5.65 Å². The topological polar surface area (TPSA) is 59.7 Å². The number of hydrogen-bond donors (Lipinski definition) is 0. The molecule has 0 fully saturated rings. The number of esters is 1. The van der Waals surface area contributed by atoms with E-state index in [0.29, 0.717) is 16.5 Å². The summed E-state index contributed by atoms with van der Waals surface area (Å²) in [4.78, 5) is 17.9. The second kappa shape index (κ2) is 6.67. The molecule has 6 nitrogen and oxygen atoms in total. The lowest BCUT2D eigenvalue weighted by Gasteiger charge is -2.21. The predicted octanol–water partition coefficient (Wildman–Crippen LogP) is 3.98. The summed E-state index contributed by atoms with van der Waals surface area (Å²) in [7, 11) is 1.83. The molecule has 0 N–H and O–H groups in total. The monoisotopic (exact) mass is 364 g/mol. The first-order valence-electron chi connectivity index (χ1n) is 7.23. The van der Waals surface area contributed by atoms with Gasteiger partial charge in [-0.1, -0.05) is 35.3 Å². The molecule has 0 atom stereocenters. The molecule has 0 aliphatic rings. The van der Waals surface area contributed by atoms with Crippen molar-refractivity contribution in [1.82, 2.24) is 14.6 Å². The van der Waals surface area contributed by atoms with Gasteiger partial charge in [-0.15, -0.1) is 0 Å². The van der Waals surface area contributed by atoms with Crippen molar-refractivity contribution in [2.45, 2.75) is 6.92 Å². The summed E-state index contributed by atoms with van der Waals surface area (Å²) in [5.41, 5.74) is 1.38. The SMILES string of the molecule is CCOC(=O)c1cc2nc(Cl)cc(N(C)c3ccccc3Cl)n2n1. The van der Waals surface area contributed by atoms with Crippen LogP contribution in [-0.4, -0.2) is 34.2 Å². The summed E-state index contributed by atoms with van der Waals surface area (Å²) < 4.78 is 6.51. The molecule has 2 heterocycles. The number of carbonyl (C=O) groups excluding carboxylic acids is 1. The van der Waals surface area contributed by atoms with Crippen LogP contribution >= 0.6 is 23.2 Å². The number of hydrogen-bond acceptors (Lipinski definition) is 5. The third kappa shape index (κ3) is 3.02. The van der Waals surface area contributed by atoms with Crippen LogP contribution in [0.5, 0.6) is 0 Å². The van der Waals surface area contributed by atoms with E-state index in [2.05, 4.69) is 10.1 Å². The second-order valence-corrected chi connectivity index (χ2v) is 5.76. The summed E-state index contributed by atoms with van der Waals surface area (Å²) in [6, 6.07) is 10.6. The smallest absolute Gasteiger partial charge is 0.358 e. The lowest BCUT2D eigenvalue weighted by atomic mass is 10.3. The molecule has 0 bridgehead atoms. The van der Waals surface area contributed by atoms with Gasteiger partial charge in [0, 0.05) is 19.2 Å². The van der Waals surface area contributed by atoms with Gasteiger partial charge in [-0.3, -0.25) is 0 Å². The molecule has 24 heavy (non-hydrogen) atoms. The van der Waals surface area contributed by atoms with Crippen molar-refractivity contribution in [2.24, 2.45) is 0 Å². The molecule has 0 radical (unpaired) electrons. The number of benzene rings is 1. The van der Waals surface area contributed by atoms with Gasteiger partial charge in [0.15, 0.2) is 11.3 Å². The van der Waals surface area contributed by atoms with Crippen molar-refractivity contribution in [1.29, 1.82) is 0 Å². The minimum Gasteiger partial charge on any atom is -0.461 e. The summed E-state index contributed by atoms with van der Waals surface area (Å²) in [5.74, 6) is 0.110. The highest BCUT2D eigenvalue weighted by molar-refractivity contribution is 6.33. The quantitative estimate of drug-likeness (QED) is 0.517. The summed E-state index contributed by atoms with van der Waals surface area (Å²) >= 11 is 12.4. The Morgan fingerprint density at radius 3 is 2.75 bits per heavy atom. The Kier molecular flexibility index (Phi) is 4.59. The molecule has 1 aromatic carbocycles. The highest BCUT2D eigenvalue weighted by Gasteiger charge is 2.18. The number of rotatable bonds is 4. The molecule has 0 saturated heterocycles. The van der Waals surface area contributed by atoms with Crippen LogP contribution in [-0.2, 0) is 4.74 Å². The Balaban J connectivity index is 2.13. The number of nitrogens with zero attached hydrogens (tertiary/aromatic N) is 4. The van der Waals surface area contributed by atoms with Crippen LogP contribution in [0.15, 0.2) is 36.4 Å².